The summed E-state index contributed by atoms with van der Waals surface area (Å²) in [7, 11) is 0. The van der Waals surface area contributed by atoms with Crippen LogP contribution in [-0.4, -0.2) is 47.6 Å². The van der Waals surface area contributed by atoms with Gasteiger partial charge < -0.3 is 10.4 Å². The Kier molecular flexibility index (Phi) is 5.41. The molecule has 2 unspecified atom stereocenters. The SMILES string of the molecule is CCCCNC(=O)C(C)N1CCC(C(=O)O)C1. The van der Waals surface area contributed by atoms with Crippen LogP contribution in [0.25, 0.3) is 0 Å². The Morgan fingerprint density at radius 1 is 1.53 bits per heavy atom. The van der Waals surface area contributed by atoms with Crippen molar-refractivity contribution in [2.24, 2.45) is 5.92 Å². The highest BCUT2D eigenvalue weighted by molar-refractivity contribution is 5.81. The number of aliphatic carboxylic acids is 1. The number of carboxylic acids is 1. The van der Waals surface area contributed by atoms with Gasteiger partial charge in [-0.15, -0.1) is 0 Å². The maximum absolute atomic E-state index is 11.8. The topological polar surface area (TPSA) is 69.6 Å². The van der Waals surface area contributed by atoms with Gasteiger partial charge in [-0.05, 0) is 26.3 Å². The summed E-state index contributed by atoms with van der Waals surface area (Å²) < 4.78 is 0. The summed E-state index contributed by atoms with van der Waals surface area (Å²) in [5.74, 6) is -1.07. The summed E-state index contributed by atoms with van der Waals surface area (Å²) >= 11 is 0. The molecule has 5 nitrogen and oxygen atoms in total. The molecule has 1 saturated heterocycles. The van der Waals surface area contributed by atoms with Gasteiger partial charge >= 0.3 is 5.97 Å². The lowest BCUT2D eigenvalue weighted by molar-refractivity contribution is -0.141. The van der Waals surface area contributed by atoms with Crippen molar-refractivity contribution in [3.05, 3.63) is 0 Å². The van der Waals surface area contributed by atoms with E-state index in [1.165, 1.54) is 0 Å². The molecule has 0 bridgehead atoms. The molecule has 0 saturated carbocycles. The summed E-state index contributed by atoms with van der Waals surface area (Å²) in [6, 6.07) is -0.226. The normalized spacial score (nSPS) is 22.4. The zero-order valence-electron chi connectivity index (χ0n) is 10.6. The van der Waals surface area contributed by atoms with Gasteiger partial charge in [0.2, 0.25) is 5.91 Å². The molecule has 2 N–H and O–H groups in total. The average molecular weight is 242 g/mol. The minimum atomic E-state index is -0.758. The van der Waals surface area contributed by atoms with Gasteiger partial charge in [-0.1, -0.05) is 13.3 Å². The first-order valence-electron chi connectivity index (χ1n) is 6.30. The molecule has 0 spiro atoms. The Balaban J connectivity index is 2.35. The van der Waals surface area contributed by atoms with Crippen LogP contribution in [-0.2, 0) is 9.59 Å². The number of rotatable bonds is 6. The van der Waals surface area contributed by atoms with Crippen LogP contribution in [0.1, 0.15) is 33.1 Å². The molecular weight excluding hydrogens is 220 g/mol. The minimum absolute atomic E-state index is 0.00416. The first kappa shape index (κ1) is 14.0. The summed E-state index contributed by atoms with van der Waals surface area (Å²) in [5.41, 5.74) is 0. The van der Waals surface area contributed by atoms with Gasteiger partial charge in [-0.2, -0.15) is 0 Å². The van der Waals surface area contributed by atoms with E-state index in [1.807, 2.05) is 11.8 Å². The second-order valence-corrected chi connectivity index (χ2v) is 4.64. The largest absolute Gasteiger partial charge is 0.481 e. The predicted molar refractivity (Wildman–Crippen MR) is 64.7 cm³/mol. The molecule has 1 aliphatic heterocycles. The maximum Gasteiger partial charge on any atom is 0.307 e. The van der Waals surface area contributed by atoms with Crippen molar-refractivity contribution in [1.29, 1.82) is 0 Å². The van der Waals surface area contributed by atoms with Gasteiger partial charge in [0.1, 0.15) is 0 Å². The lowest BCUT2D eigenvalue weighted by Gasteiger charge is -2.23. The molecule has 0 aromatic heterocycles. The fraction of sp³-hybridized carbons (Fsp3) is 0.833. The average Bonchev–Trinajstić information content (AvgIpc) is 2.77. The highest BCUT2D eigenvalue weighted by Gasteiger charge is 2.32. The van der Waals surface area contributed by atoms with E-state index in [1.54, 1.807) is 0 Å². The van der Waals surface area contributed by atoms with Crippen molar-refractivity contribution < 1.29 is 14.7 Å². The molecular formula is C12H22N2O3. The van der Waals surface area contributed by atoms with Crippen LogP contribution in [0.5, 0.6) is 0 Å². The molecule has 1 amide bonds. The van der Waals surface area contributed by atoms with E-state index in [4.69, 9.17) is 5.11 Å². The zero-order valence-corrected chi connectivity index (χ0v) is 10.6. The second-order valence-electron chi connectivity index (χ2n) is 4.64. The third-order valence-electron chi connectivity index (χ3n) is 3.33. The Labute approximate surface area is 102 Å². The highest BCUT2D eigenvalue weighted by atomic mass is 16.4. The predicted octanol–water partition coefficient (Wildman–Crippen LogP) is 0.698. The molecule has 0 aromatic carbocycles. The fourth-order valence-electron chi connectivity index (χ4n) is 2.04. The van der Waals surface area contributed by atoms with E-state index in [0.29, 0.717) is 26.1 Å². The molecule has 2 atom stereocenters. The molecule has 0 radical (unpaired) electrons. The molecule has 5 heteroatoms. The number of carbonyl (C=O) groups is 2. The van der Waals surface area contributed by atoms with Crippen LogP contribution >= 0.6 is 0 Å². The molecule has 0 aromatic rings. The number of hydrogen-bond acceptors (Lipinski definition) is 3. The minimum Gasteiger partial charge on any atom is -0.481 e. The van der Waals surface area contributed by atoms with Gasteiger partial charge in [0, 0.05) is 13.1 Å². The first-order valence-corrected chi connectivity index (χ1v) is 6.30. The lowest BCUT2D eigenvalue weighted by Crippen LogP contribution is -2.44. The molecule has 0 aliphatic carbocycles. The molecule has 98 valence electrons. The van der Waals surface area contributed by atoms with E-state index in [2.05, 4.69) is 12.2 Å². The van der Waals surface area contributed by atoms with E-state index in [0.717, 1.165) is 12.8 Å². The molecule has 1 fully saturated rings. The van der Waals surface area contributed by atoms with Crippen LogP contribution in [0.15, 0.2) is 0 Å². The third kappa shape index (κ3) is 4.00. The van der Waals surface area contributed by atoms with E-state index >= 15 is 0 Å². The number of carbonyl (C=O) groups excluding carboxylic acids is 1. The monoisotopic (exact) mass is 242 g/mol. The van der Waals surface area contributed by atoms with Gasteiger partial charge in [-0.3, -0.25) is 14.5 Å². The standard InChI is InChI=1S/C12H22N2O3/c1-3-4-6-13-11(15)9(2)14-7-5-10(8-14)12(16)17/h9-10H,3-8H2,1-2H3,(H,13,15)(H,16,17). The number of hydrogen-bond donors (Lipinski definition) is 2. The molecule has 1 rings (SSSR count). The summed E-state index contributed by atoms with van der Waals surface area (Å²) in [6.45, 7) is 5.80. The van der Waals surface area contributed by atoms with E-state index < -0.39 is 5.97 Å². The first-order chi connectivity index (χ1) is 8.06. The summed E-state index contributed by atoms with van der Waals surface area (Å²) in [4.78, 5) is 24.5. The smallest absolute Gasteiger partial charge is 0.307 e. The Hall–Kier alpha value is -1.10. The zero-order chi connectivity index (χ0) is 12.8. The lowest BCUT2D eigenvalue weighted by atomic mass is 10.1. The van der Waals surface area contributed by atoms with Crippen molar-refractivity contribution in [1.82, 2.24) is 10.2 Å². The number of likely N-dealkylation sites (tertiary alicyclic amines) is 1. The maximum atomic E-state index is 11.8. The van der Waals surface area contributed by atoms with Gasteiger partial charge in [0.05, 0.1) is 12.0 Å². The Bertz CT molecular complexity index is 281. The molecule has 17 heavy (non-hydrogen) atoms. The summed E-state index contributed by atoms with van der Waals surface area (Å²) in [6.07, 6.45) is 2.68. The van der Waals surface area contributed by atoms with Crippen LogP contribution in [0, 0.1) is 5.92 Å². The van der Waals surface area contributed by atoms with Gasteiger partial charge in [0.25, 0.3) is 0 Å². The van der Waals surface area contributed by atoms with Crippen molar-refractivity contribution in [3.63, 3.8) is 0 Å². The van der Waals surface area contributed by atoms with E-state index in [9.17, 15) is 9.59 Å². The van der Waals surface area contributed by atoms with Crippen molar-refractivity contribution >= 4 is 11.9 Å². The second kappa shape index (κ2) is 6.59. The number of nitrogens with zero attached hydrogens (tertiary/aromatic N) is 1. The van der Waals surface area contributed by atoms with Gasteiger partial charge in [0.15, 0.2) is 0 Å². The van der Waals surface area contributed by atoms with Gasteiger partial charge in [-0.25, -0.2) is 0 Å². The Morgan fingerprint density at radius 2 is 2.24 bits per heavy atom. The van der Waals surface area contributed by atoms with Crippen LogP contribution < -0.4 is 5.32 Å². The molecule has 1 heterocycles. The van der Waals surface area contributed by atoms with Crippen molar-refractivity contribution in [2.45, 2.75) is 39.2 Å². The summed E-state index contributed by atoms with van der Waals surface area (Å²) in [5, 5.41) is 11.8. The third-order valence-corrected chi connectivity index (χ3v) is 3.33. The van der Waals surface area contributed by atoms with Crippen LogP contribution in [0.2, 0.25) is 0 Å². The quantitative estimate of drug-likeness (QED) is 0.673. The number of nitrogens with one attached hydrogen (secondary N) is 1. The fourth-order valence-corrected chi connectivity index (χ4v) is 2.04. The van der Waals surface area contributed by atoms with Crippen molar-refractivity contribution in [2.75, 3.05) is 19.6 Å². The molecule has 1 aliphatic rings. The Morgan fingerprint density at radius 3 is 2.76 bits per heavy atom. The number of carboxylic acid groups (broad SMARTS) is 1. The van der Waals surface area contributed by atoms with Crippen LogP contribution in [0.4, 0.5) is 0 Å². The van der Waals surface area contributed by atoms with Crippen molar-refractivity contribution in [3.8, 4) is 0 Å². The van der Waals surface area contributed by atoms with Crippen LogP contribution in [0.3, 0.4) is 0 Å². The number of amides is 1. The highest BCUT2D eigenvalue weighted by Crippen LogP contribution is 2.18. The number of unbranched alkanes of at least 4 members (excludes halogenated alkanes) is 1. The van der Waals surface area contributed by atoms with E-state index in [-0.39, 0.29) is 17.9 Å².